The number of ether oxygens (including phenoxy) is 1. The predicted octanol–water partition coefficient (Wildman–Crippen LogP) is 1.68. The minimum atomic E-state index is -0.552. The van der Waals surface area contributed by atoms with Gasteiger partial charge >= 0.3 is 5.97 Å². The summed E-state index contributed by atoms with van der Waals surface area (Å²) in [6.45, 7) is 4.66. The van der Waals surface area contributed by atoms with Crippen LogP contribution < -0.4 is 5.32 Å². The molecule has 3 heteroatoms. The first-order valence-electron chi connectivity index (χ1n) is 5.43. The third-order valence-electron chi connectivity index (χ3n) is 3.56. The van der Waals surface area contributed by atoms with Gasteiger partial charge in [-0.05, 0) is 19.4 Å². The average molecular weight is 219 g/mol. The fourth-order valence-corrected chi connectivity index (χ4v) is 2.25. The van der Waals surface area contributed by atoms with Crippen molar-refractivity contribution in [2.24, 2.45) is 5.41 Å². The van der Waals surface area contributed by atoms with Crippen LogP contribution in [-0.2, 0) is 15.1 Å². The van der Waals surface area contributed by atoms with Crippen LogP contribution in [0, 0.1) is 5.41 Å². The molecular formula is C13H17NO2. The highest BCUT2D eigenvalue weighted by Gasteiger charge is 2.59. The molecule has 1 heterocycles. The predicted molar refractivity (Wildman–Crippen MR) is 61.9 cm³/mol. The van der Waals surface area contributed by atoms with E-state index in [1.807, 2.05) is 44.2 Å². The first kappa shape index (κ1) is 11.1. The van der Waals surface area contributed by atoms with Gasteiger partial charge < -0.3 is 10.1 Å². The Morgan fingerprint density at radius 3 is 2.38 bits per heavy atom. The number of carbonyl (C=O) groups excluding carboxylic acids is 1. The Morgan fingerprint density at radius 2 is 1.94 bits per heavy atom. The lowest BCUT2D eigenvalue weighted by Gasteiger charge is -2.31. The van der Waals surface area contributed by atoms with Crippen molar-refractivity contribution in [3.05, 3.63) is 35.9 Å². The van der Waals surface area contributed by atoms with Gasteiger partial charge in [-0.1, -0.05) is 30.3 Å². The normalized spacial score (nSPS) is 23.9. The molecule has 0 saturated carbocycles. The van der Waals surface area contributed by atoms with E-state index < -0.39 is 5.41 Å². The first-order valence-corrected chi connectivity index (χ1v) is 5.43. The first-order chi connectivity index (χ1) is 7.54. The molecule has 0 aliphatic carbocycles. The summed E-state index contributed by atoms with van der Waals surface area (Å²) in [6.07, 6.45) is 0. The van der Waals surface area contributed by atoms with Crippen LogP contribution in [0.1, 0.15) is 19.4 Å². The maximum Gasteiger partial charge on any atom is 0.313 e. The molecule has 1 aliphatic rings. The second-order valence-electron chi connectivity index (χ2n) is 4.74. The van der Waals surface area contributed by atoms with E-state index >= 15 is 0 Å². The molecule has 86 valence electrons. The molecule has 3 nitrogen and oxygen atoms in total. The number of hydrogen-bond donors (Lipinski definition) is 1. The highest BCUT2D eigenvalue weighted by atomic mass is 16.5. The summed E-state index contributed by atoms with van der Waals surface area (Å²) in [5, 5.41) is 3.32. The Bertz CT molecular complexity index is 394. The van der Waals surface area contributed by atoms with Crippen molar-refractivity contribution < 1.29 is 9.53 Å². The van der Waals surface area contributed by atoms with Gasteiger partial charge in [0.25, 0.3) is 0 Å². The Kier molecular flexibility index (Phi) is 2.50. The molecule has 1 saturated heterocycles. The summed E-state index contributed by atoms with van der Waals surface area (Å²) in [5.41, 5.74) is 0.329. The van der Waals surface area contributed by atoms with Crippen LogP contribution in [0.5, 0.6) is 0 Å². The largest absolute Gasteiger partial charge is 0.469 e. The van der Waals surface area contributed by atoms with Gasteiger partial charge in [0.2, 0.25) is 0 Å². The Hall–Kier alpha value is -1.35. The van der Waals surface area contributed by atoms with Crippen molar-refractivity contribution in [3.8, 4) is 0 Å². The van der Waals surface area contributed by atoms with E-state index in [4.69, 9.17) is 4.74 Å². The van der Waals surface area contributed by atoms with E-state index in [0.29, 0.717) is 0 Å². The number of carbonyl (C=O) groups is 1. The van der Waals surface area contributed by atoms with Gasteiger partial charge in [-0.2, -0.15) is 0 Å². The highest BCUT2D eigenvalue weighted by molar-refractivity contribution is 5.79. The molecule has 16 heavy (non-hydrogen) atoms. The van der Waals surface area contributed by atoms with Gasteiger partial charge in [0, 0.05) is 6.54 Å². The van der Waals surface area contributed by atoms with Crippen molar-refractivity contribution in [2.75, 3.05) is 13.7 Å². The summed E-state index contributed by atoms with van der Waals surface area (Å²) < 4.78 is 4.88. The van der Waals surface area contributed by atoms with Gasteiger partial charge in [0.15, 0.2) is 0 Å². The van der Waals surface area contributed by atoms with Crippen LogP contribution in [0.15, 0.2) is 30.3 Å². The molecule has 0 radical (unpaired) electrons. The molecular weight excluding hydrogens is 202 g/mol. The van der Waals surface area contributed by atoms with Crippen LogP contribution >= 0.6 is 0 Å². The molecule has 0 spiro atoms. The molecule has 2 rings (SSSR count). The zero-order valence-corrected chi connectivity index (χ0v) is 9.91. The quantitative estimate of drug-likeness (QED) is 0.621. The lowest BCUT2D eigenvalue weighted by Crippen LogP contribution is -2.41. The molecule has 1 atom stereocenters. The topological polar surface area (TPSA) is 48.2 Å². The highest BCUT2D eigenvalue weighted by Crippen LogP contribution is 2.47. The van der Waals surface area contributed by atoms with Gasteiger partial charge in [0.05, 0.1) is 18.1 Å². The third kappa shape index (κ3) is 1.43. The standard InChI is InChI=1S/C13H17NO2/c1-12(2,11(15)16-3)13(9-14-13)10-7-5-4-6-8-10/h4-8,14H,9H2,1-3H3. The van der Waals surface area contributed by atoms with Crippen LogP contribution in [0.4, 0.5) is 0 Å². The van der Waals surface area contributed by atoms with Crippen molar-refractivity contribution in [3.63, 3.8) is 0 Å². The average Bonchev–Trinajstić information content (AvgIpc) is 3.10. The Balaban J connectivity index is 2.37. The summed E-state index contributed by atoms with van der Waals surface area (Å²) in [6, 6.07) is 10.1. The van der Waals surface area contributed by atoms with Crippen molar-refractivity contribution in [2.45, 2.75) is 19.4 Å². The molecule has 1 aromatic carbocycles. The van der Waals surface area contributed by atoms with E-state index in [1.54, 1.807) is 0 Å². The molecule has 1 unspecified atom stereocenters. The lowest BCUT2D eigenvalue weighted by atomic mass is 9.74. The van der Waals surface area contributed by atoms with Gasteiger partial charge in [-0.25, -0.2) is 0 Å². The monoisotopic (exact) mass is 219 g/mol. The van der Waals surface area contributed by atoms with Crippen LogP contribution in [0.3, 0.4) is 0 Å². The fraction of sp³-hybridized carbons (Fsp3) is 0.462. The molecule has 1 aromatic rings. The molecule has 1 N–H and O–H groups in total. The van der Waals surface area contributed by atoms with Crippen LogP contribution in [0.25, 0.3) is 0 Å². The van der Waals surface area contributed by atoms with Crippen LogP contribution in [-0.4, -0.2) is 19.6 Å². The summed E-state index contributed by atoms with van der Waals surface area (Å²) >= 11 is 0. The number of esters is 1. The van der Waals surface area contributed by atoms with Crippen molar-refractivity contribution >= 4 is 5.97 Å². The number of hydrogen-bond acceptors (Lipinski definition) is 3. The van der Waals surface area contributed by atoms with E-state index in [2.05, 4.69) is 5.32 Å². The second kappa shape index (κ2) is 3.59. The Labute approximate surface area is 95.8 Å². The fourth-order valence-electron chi connectivity index (χ4n) is 2.25. The smallest absolute Gasteiger partial charge is 0.313 e. The lowest BCUT2D eigenvalue weighted by molar-refractivity contribution is -0.153. The molecule has 1 aliphatic heterocycles. The molecule has 0 aromatic heterocycles. The maximum absolute atomic E-state index is 11.8. The van der Waals surface area contributed by atoms with E-state index in [-0.39, 0.29) is 11.5 Å². The molecule has 1 fully saturated rings. The number of rotatable bonds is 3. The minimum Gasteiger partial charge on any atom is -0.469 e. The third-order valence-corrected chi connectivity index (χ3v) is 3.56. The minimum absolute atomic E-state index is 0.179. The Morgan fingerprint density at radius 1 is 1.38 bits per heavy atom. The second-order valence-corrected chi connectivity index (χ2v) is 4.74. The number of nitrogens with one attached hydrogen (secondary N) is 1. The number of benzene rings is 1. The zero-order chi connectivity index (χ0) is 11.8. The SMILES string of the molecule is COC(=O)C(C)(C)C1(c2ccccc2)CN1. The van der Waals surface area contributed by atoms with Crippen molar-refractivity contribution in [1.29, 1.82) is 0 Å². The van der Waals surface area contributed by atoms with Crippen LogP contribution in [0.2, 0.25) is 0 Å². The van der Waals surface area contributed by atoms with Gasteiger partial charge in [-0.15, -0.1) is 0 Å². The van der Waals surface area contributed by atoms with Gasteiger partial charge in [0.1, 0.15) is 0 Å². The summed E-state index contributed by atoms with van der Waals surface area (Å²) in [4.78, 5) is 11.8. The maximum atomic E-state index is 11.8. The van der Waals surface area contributed by atoms with Gasteiger partial charge in [-0.3, -0.25) is 4.79 Å². The van der Waals surface area contributed by atoms with E-state index in [9.17, 15) is 4.79 Å². The summed E-state index contributed by atoms with van der Waals surface area (Å²) in [5.74, 6) is -0.179. The van der Waals surface area contributed by atoms with E-state index in [0.717, 1.165) is 12.1 Å². The zero-order valence-electron chi connectivity index (χ0n) is 9.91. The van der Waals surface area contributed by atoms with E-state index in [1.165, 1.54) is 7.11 Å². The van der Waals surface area contributed by atoms with Crippen molar-refractivity contribution in [1.82, 2.24) is 5.32 Å². The molecule has 0 bridgehead atoms. The summed E-state index contributed by atoms with van der Waals surface area (Å²) in [7, 11) is 1.44. The number of methoxy groups -OCH3 is 1. The molecule has 0 amide bonds.